The molecule has 23 heavy (non-hydrogen) atoms. The van der Waals surface area contributed by atoms with Crippen molar-refractivity contribution >= 4 is 5.78 Å². The minimum Gasteiger partial charge on any atom is -0.512 e. The Balaban J connectivity index is 1.51. The zero-order valence-corrected chi connectivity index (χ0v) is 14.0. The molecule has 4 aliphatic carbocycles. The lowest BCUT2D eigenvalue weighted by Crippen LogP contribution is -2.55. The molecular formula is C19H28O4. The van der Waals surface area contributed by atoms with Gasteiger partial charge in [0.05, 0.1) is 6.10 Å². The van der Waals surface area contributed by atoms with Gasteiger partial charge in [0.1, 0.15) is 5.76 Å². The third-order valence-electron chi connectivity index (χ3n) is 6.52. The van der Waals surface area contributed by atoms with E-state index >= 15 is 0 Å². The second kappa shape index (κ2) is 5.89. The van der Waals surface area contributed by atoms with E-state index in [1.165, 1.54) is 32.3 Å². The summed E-state index contributed by atoms with van der Waals surface area (Å²) in [4.78, 5) is 11.4. The summed E-state index contributed by atoms with van der Waals surface area (Å²) in [6.45, 7) is 2.34. The maximum absolute atomic E-state index is 11.4. The number of aliphatic hydroxyl groups excluding tert-OH is 1. The average Bonchev–Trinajstić information content (AvgIpc) is 2.50. The molecule has 1 aliphatic heterocycles. The molecule has 1 N–H and O–H groups in total. The summed E-state index contributed by atoms with van der Waals surface area (Å²) in [5.74, 6) is 1.98. The number of aliphatic hydroxyl groups is 1. The Bertz CT molecular complexity index is 489. The van der Waals surface area contributed by atoms with E-state index in [4.69, 9.17) is 9.47 Å². The molecule has 4 saturated carbocycles. The summed E-state index contributed by atoms with van der Waals surface area (Å²) in [6.07, 6.45) is 10.5. The second-order valence-corrected chi connectivity index (χ2v) is 8.29. The monoisotopic (exact) mass is 320 g/mol. The van der Waals surface area contributed by atoms with Gasteiger partial charge < -0.3 is 14.6 Å². The molecule has 5 fully saturated rings. The minimum atomic E-state index is -0.157. The zero-order chi connectivity index (χ0) is 16.0. The molecule has 1 saturated heterocycles. The molecule has 1 heterocycles. The van der Waals surface area contributed by atoms with E-state index in [9.17, 15) is 9.90 Å². The molecule has 3 atom stereocenters. The van der Waals surface area contributed by atoms with E-state index in [2.05, 4.69) is 0 Å². The molecule has 128 valence electrons. The SMILES string of the molecule is CC(=O)C=C(O)C12CC3CC(C1)C(OC1CCCCO1)C(C3)C2. The van der Waals surface area contributed by atoms with Gasteiger partial charge in [0, 0.05) is 18.1 Å². The third-order valence-corrected chi connectivity index (χ3v) is 6.52. The first-order chi connectivity index (χ1) is 11.1. The van der Waals surface area contributed by atoms with Crippen molar-refractivity contribution in [2.45, 2.75) is 70.7 Å². The number of hydrogen-bond acceptors (Lipinski definition) is 4. The van der Waals surface area contributed by atoms with Crippen molar-refractivity contribution in [3.63, 3.8) is 0 Å². The molecule has 0 aromatic heterocycles. The second-order valence-electron chi connectivity index (χ2n) is 8.29. The van der Waals surface area contributed by atoms with Crippen LogP contribution in [0.3, 0.4) is 0 Å². The van der Waals surface area contributed by atoms with Crippen molar-refractivity contribution in [3.8, 4) is 0 Å². The number of carbonyl (C=O) groups excluding carboxylic acids is 1. The van der Waals surface area contributed by atoms with E-state index < -0.39 is 0 Å². The average molecular weight is 320 g/mol. The van der Waals surface area contributed by atoms with Gasteiger partial charge in [0.25, 0.3) is 0 Å². The summed E-state index contributed by atoms with van der Waals surface area (Å²) in [5, 5.41) is 10.6. The van der Waals surface area contributed by atoms with Crippen molar-refractivity contribution in [1.82, 2.24) is 0 Å². The fraction of sp³-hybridized carbons (Fsp3) is 0.842. The van der Waals surface area contributed by atoms with Crippen LogP contribution in [0, 0.1) is 23.2 Å². The first-order valence-electron chi connectivity index (χ1n) is 9.24. The first kappa shape index (κ1) is 15.6. The summed E-state index contributed by atoms with van der Waals surface area (Å²) in [7, 11) is 0. The Morgan fingerprint density at radius 2 is 1.96 bits per heavy atom. The Kier molecular flexibility index (Phi) is 4.01. The van der Waals surface area contributed by atoms with Crippen molar-refractivity contribution in [1.29, 1.82) is 0 Å². The van der Waals surface area contributed by atoms with Gasteiger partial charge in [-0.2, -0.15) is 0 Å². The first-order valence-corrected chi connectivity index (χ1v) is 9.24. The normalized spacial score (nSPS) is 46.1. The van der Waals surface area contributed by atoms with E-state index in [1.54, 1.807) is 0 Å². The molecule has 5 rings (SSSR count). The molecule has 0 spiro atoms. The molecule has 5 aliphatic rings. The van der Waals surface area contributed by atoms with Gasteiger partial charge in [-0.1, -0.05) is 0 Å². The van der Waals surface area contributed by atoms with E-state index in [-0.39, 0.29) is 23.6 Å². The van der Waals surface area contributed by atoms with E-state index in [0.717, 1.165) is 38.7 Å². The lowest BCUT2D eigenvalue weighted by molar-refractivity contribution is -0.245. The number of ketones is 1. The number of carbonyl (C=O) groups is 1. The van der Waals surface area contributed by atoms with E-state index in [0.29, 0.717) is 23.5 Å². The quantitative estimate of drug-likeness (QED) is 0.633. The van der Waals surface area contributed by atoms with Crippen LogP contribution in [0.5, 0.6) is 0 Å². The van der Waals surface area contributed by atoms with Crippen LogP contribution < -0.4 is 0 Å². The third kappa shape index (κ3) is 2.85. The summed E-state index contributed by atoms with van der Waals surface area (Å²) in [6, 6.07) is 0. The highest BCUT2D eigenvalue weighted by atomic mass is 16.7. The number of allylic oxidation sites excluding steroid dienone is 2. The van der Waals surface area contributed by atoms with Crippen LogP contribution in [-0.2, 0) is 14.3 Å². The largest absolute Gasteiger partial charge is 0.512 e. The maximum atomic E-state index is 11.4. The van der Waals surface area contributed by atoms with Crippen LogP contribution in [0.15, 0.2) is 11.8 Å². The number of hydrogen-bond donors (Lipinski definition) is 1. The fourth-order valence-corrected chi connectivity index (χ4v) is 5.85. The van der Waals surface area contributed by atoms with Crippen LogP contribution in [0.4, 0.5) is 0 Å². The molecule has 0 radical (unpaired) electrons. The van der Waals surface area contributed by atoms with Gasteiger partial charge in [-0.05, 0) is 76.0 Å². The van der Waals surface area contributed by atoms with Gasteiger partial charge in [-0.15, -0.1) is 0 Å². The van der Waals surface area contributed by atoms with Crippen LogP contribution in [0.1, 0.15) is 58.3 Å². The van der Waals surface area contributed by atoms with Crippen molar-refractivity contribution < 1.29 is 19.4 Å². The van der Waals surface area contributed by atoms with Crippen molar-refractivity contribution in [2.24, 2.45) is 23.2 Å². The van der Waals surface area contributed by atoms with Crippen LogP contribution in [0.25, 0.3) is 0 Å². The highest BCUT2D eigenvalue weighted by molar-refractivity contribution is 5.87. The van der Waals surface area contributed by atoms with Gasteiger partial charge in [-0.3, -0.25) is 4.79 Å². The fourth-order valence-electron chi connectivity index (χ4n) is 5.85. The lowest BCUT2D eigenvalue weighted by Gasteiger charge is -2.59. The van der Waals surface area contributed by atoms with Gasteiger partial charge >= 0.3 is 0 Å². The van der Waals surface area contributed by atoms with E-state index in [1.807, 2.05) is 0 Å². The Labute approximate surface area is 138 Å². The Hall–Kier alpha value is -0.870. The predicted molar refractivity (Wildman–Crippen MR) is 85.8 cm³/mol. The zero-order valence-electron chi connectivity index (χ0n) is 14.0. The minimum absolute atomic E-state index is 0.0245. The lowest BCUT2D eigenvalue weighted by atomic mass is 9.48. The molecule has 0 aromatic carbocycles. The summed E-state index contributed by atoms with van der Waals surface area (Å²) in [5.41, 5.74) is -0.157. The smallest absolute Gasteiger partial charge is 0.157 e. The molecule has 0 aromatic rings. The molecule has 4 nitrogen and oxygen atoms in total. The highest BCUT2D eigenvalue weighted by Crippen LogP contribution is 2.63. The molecule has 4 heteroatoms. The number of rotatable bonds is 4. The summed E-state index contributed by atoms with van der Waals surface area (Å²) >= 11 is 0. The predicted octanol–water partition coefficient (Wildman–Crippen LogP) is 3.76. The Morgan fingerprint density at radius 1 is 1.22 bits per heavy atom. The van der Waals surface area contributed by atoms with Gasteiger partial charge in [0.2, 0.25) is 0 Å². The maximum Gasteiger partial charge on any atom is 0.157 e. The highest BCUT2D eigenvalue weighted by Gasteiger charge is 2.57. The van der Waals surface area contributed by atoms with Crippen LogP contribution in [-0.4, -0.2) is 29.9 Å². The molecule has 0 amide bonds. The van der Waals surface area contributed by atoms with Crippen LogP contribution >= 0.6 is 0 Å². The van der Waals surface area contributed by atoms with Crippen LogP contribution in [0.2, 0.25) is 0 Å². The number of ether oxygens (including phenoxy) is 2. The molecule has 4 bridgehead atoms. The molecular weight excluding hydrogens is 292 g/mol. The molecule has 3 unspecified atom stereocenters. The summed E-state index contributed by atoms with van der Waals surface area (Å²) < 4.78 is 12.2. The standard InChI is InChI=1S/C19H28O4/c1-12(20)6-16(21)19-9-13-7-14(10-19)18(15(8-13)11-19)23-17-4-2-3-5-22-17/h6,13-15,17-18,21H,2-5,7-11H2,1H3. The van der Waals surface area contributed by atoms with Gasteiger partial charge in [-0.25, -0.2) is 0 Å². The topological polar surface area (TPSA) is 55.8 Å². The Morgan fingerprint density at radius 3 is 2.57 bits per heavy atom. The van der Waals surface area contributed by atoms with Crippen molar-refractivity contribution in [2.75, 3.05) is 6.61 Å². The van der Waals surface area contributed by atoms with Gasteiger partial charge in [0.15, 0.2) is 12.1 Å². The van der Waals surface area contributed by atoms with Crippen molar-refractivity contribution in [3.05, 3.63) is 11.8 Å².